The molecule has 2 aliphatic heterocycles. The van der Waals surface area contributed by atoms with Gasteiger partial charge in [-0.05, 0) is 85.5 Å². The number of carbonyl (C=O) groups excluding carboxylic acids is 1. The fraction of sp³-hybridized carbons (Fsp3) is 0.394. The molecule has 10 heteroatoms. The molecule has 2 aliphatic rings. The van der Waals surface area contributed by atoms with Gasteiger partial charge in [-0.1, -0.05) is 56.7 Å². The lowest BCUT2D eigenvalue weighted by molar-refractivity contribution is 0.255. The van der Waals surface area contributed by atoms with Gasteiger partial charge in [-0.25, -0.2) is 17.6 Å². The number of halogens is 1. The molecule has 2 N–H and O–H groups in total. The highest BCUT2D eigenvalue weighted by Crippen LogP contribution is 2.35. The van der Waals surface area contributed by atoms with Crippen LogP contribution < -0.4 is 15.6 Å². The lowest BCUT2D eigenvalue weighted by Gasteiger charge is -2.34. The van der Waals surface area contributed by atoms with E-state index >= 15 is 0 Å². The van der Waals surface area contributed by atoms with Gasteiger partial charge in [-0.15, -0.1) is 0 Å². The van der Waals surface area contributed by atoms with Crippen LogP contribution in [-0.4, -0.2) is 43.7 Å². The highest BCUT2D eigenvalue weighted by atomic mass is 32.2. The SMILES string of the molecule is Cc1ccc(N2N=C(NC(=O)Nc3ccccc3CC3CCN(S(=O)(=O)c4ccc(F)cc4)CC3)CC2C(C)(C)C)cc1. The van der Waals surface area contributed by atoms with Gasteiger partial charge in [0.1, 0.15) is 11.7 Å². The predicted molar refractivity (Wildman–Crippen MR) is 169 cm³/mol. The number of hydrogen-bond donors (Lipinski definition) is 2. The number of nitrogens with zero attached hydrogens (tertiary/aromatic N) is 3. The van der Waals surface area contributed by atoms with E-state index in [4.69, 9.17) is 5.10 Å². The van der Waals surface area contributed by atoms with Crippen LogP contribution in [0.25, 0.3) is 0 Å². The van der Waals surface area contributed by atoms with E-state index < -0.39 is 15.8 Å². The molecule has 1 atom stereocenters. The number of amidine groups is 1. The van der Waals surface area contributed by atoms with Crippen molar-refractivity contribution in [3.63, 3.8) is 0 Å². The third kappa shape index (κ3) is 7.25. The van der Waals surface area contributed by atoms with E-state index in [9.17, 15) is 17.6 Å². The first-order valence-corrected chi connectivity index (χ1v) is 16.2. The summed E-state index contributed by atoms with van der Waals surface area (Å²) in [6.07, 6.45) is 2.72. The third-order valence-corrected chi connectivity index (χ3v) is 10.2. The number of piperidine rings is 1. The van der Waals surface area contributed by atoms with E-state index in [2.05, 4.69) is 62.6 Å². The number of amides is 2. The summed E-state index contributed by atoms with van der Waals surface area (Å²) in [7, 11) is -3.66. The van der Waals surface area contributed by atoms with E-state index in [1.54, 1.807) is 0 Å². The number of anilines is 2. The van der Waals surface area contributed by atoms with Gasteiger partial charge in [0.2, 0.25) is 10.0 Å². The Balaban J connectivity index is 1.20. The average molecular weight is 606 g/mol. The predicted octanol–water partition coefficient (Wildman–Crippen LogP) is 6.54. The summed E-state index contributed by atoms with van der Waals surface area (Å²) in [5.41, 5.74) is 3.83. The molecule has 1 fully saturated rings. The van der Waals surface area contributed by atoms with Crippen LogP contribution >= 0.6 is 0 Å². The van der Waals surface area contributed by atoms with Crippen LogP contribution in [0, 0.1) is 24.1 Å². The number of hydrazone groups is 1. The van der Waals surface area contributed by atoms with Crippen molar-refractivity contribution in [3.05, 3.63) is 89.7 Å². The summed E-state index contributed by atoms with van der Waals surface area (Å²) in [5, 5.41) is 12.8. The maximum Gasteiger partial charge on any atom is 0.324 e. The van der Waals surface area contributed by atoms with Crippen molar-refractivity contribution in [3.8, 4) is 0 Å². The number of aryl methyl sites for hydroxylation is 1. The number of sulfonamides is 1. The molecule has 0 saturated carbocycles. The molecule has 5 rings (SSSR count). The van der Waals surface area contributed by atoms with Gasteiger partial charge in [0, 0.05) is 25.2 Å². The fourth-order valence-corrected chi connectivity index (χ4v) is 7.19. The molecule has 43 heavy (non-hydrogen) atoms. The van der Waals surface area contributed by atoms with E-state index in [-0.39, 0.29) is 28.3 Å². The smallest absolute Gasteiger partial charge is 0.307 e. The molecule has 3 aromatic rings. The minimum Gasteiger partial charge on any atom is -0.307 e. The average Bonchev–Trinajstić information content (AvgIpc) is 3.39. The zero-order valence-electron chi connectivity index (χ0n) is 25.2. The largest absolute Gasteiger partial charge is 0.324 e. The Morgan fingerprint density at radius 2 is 1.60 bits per heavy atom. The molecule has 228 valence electrons. The number of carbonyl (C=O) groups is 1. The van der Waals surface area contributed by atoms with Gasteiger partial charge in [0.15, 0.2) is 0 Å². The maximum absolute atomic E-state index is 13.3. The second-order valence-electron chi connectivity index (χ2n) is 12.6. The lowest BCUT2D eigenvalue weighted by atomic mass is 9.84. The van der Waals surface area contributed by atoms with E-state index in [1.165, 1.54) is 34.1 Å². The Labute approximate surface area is 254 Å². The fourth-order valence-electron chi connectivity index (χ4n) is 5.72. The molecular formula is C33H40FN5O3S. The summed E-state index contributed by atoms with van der Waals surface area (Å²) >= 11 is 0. The standard InChI is InChI=1S/C33H40FN5O3S/c1-23-9-13-27(14-10-23)39-30(33(2,3)4)22-31(37-39)36-32(40)35-29-8-6-5-7-25(29)21-24-17-19-38(20-18-24)43(41,42)28-15-11-26(34)12-16-28/h5-16,24,30H,17-22H2,1-4H3,(H2,35,36,37,40). The molecule has 1 unspecified atom stereocenters. The van der Waals surface area contributed by atoms with Gasteiger partial charge >= 0.3 is 6.03 Å². The van der Waals surface area contributed by atoms with Crippen molar-refractivity contribution >= 4 is 33.3 Å². The van der Waals surface area contributed by atoms with Crippen LogP contribution in [0.1, 0.15) is 51.2 Å². The summed E-state index contributed by atoms with van der Waals surface area (Å²) in [6.45, 7) is 9.37. The van der Waals surface area contributed by atoms with Gasteiger partial charge in [-0.3, -0.25) is 10.3 Å². The van der Waals surface area contributed by atoms with Gasteiger partial charge in [0.25, 0.3) is 0 Å². The number of para-hydroxylation sites is 1. The molecule has 0 aliphatic carbocycles. The minimum atomic E-state index is -3.66. The molecule has 0 aromatic heterocycles. The summed E-state index contributed by atoms with van der Waals surface area (Å²) in [5.74, 6) is 0.416. The Hall–Kier alpha value is -3.76. The Morgan fingerprint density at radius 1 is 0.953 bits per heavy atom. The van der Waals surface area contributed by atoms with Gasteiger partial charge in [0.05, 0.1) is 16.6 Å². The maximum atomic E-state index is 13.3. The minimum absolute atomic E-state index is 0.0607. The molecule has 0 spiro atoms. The Morgan fingerprint density at radius 3 is 2.26 bits per heavy atom. The van der Waals surface area contributed by atoms with Crippen LogP contribution in [0.15, 0.2) is 82.8 Å². The first-order chi connectivity index (χ1) is 20.4. The van der Waals surface area contributed by atoms with Crippen molar-refractivity contribution in [1.29, 1.82) is 0 Å². The van der Waals surface area contributed by atoms with Crippen molar-refractivity contribution in [2.75, 3.05) is 23.4 Å². The van der Waals surface area contributed by atoms with Crippen molar-refractivity contribution in [1.82, 2.24) is 9.62 Å². The van der Waals surface area contributed by atoms with Crippen molar-refractivity contribution < 1.29 is 17.6 Å². The second-order valence-corrected chi connectivity index (χ2v) is 14.5. The van der Waals surface area contributed by atoms with Gasteiger partial charge < -0.3 is 5.32 Å². The second kappa shape index (κ2) is 12.5. The number of rotatable bonds is 6. The summed E-state index contributed by atoms with van der Waals surface area (Å²) in [6, 6.07) is 20.7. The molecule has 8 nitrogen and oxygen atoms in total. The van der Waals surface area contributed by atoms with Crippen LogP contribution in [0.2, 0.25) is 0 Å². The molecule has 0 radical (unpaired) electrons. The first kappa shape index (κ1) is 30.7. The molecule has 2 heterocycles. The molecule has 0 bridgehead atoms. The number of hydrogen-bond acceptors (Lipinski definition) is 5. The van der Waals surface area contributed by atoms with Crippen LogP contribution in [-0.2, 0) is 16.4 Å². The molecule has 1 saturated heterocycles. The molecule has 2 amide bonds. The lowest BCUT2D eigenvalue weighted by Crippen LogP contribution is -2.39. The van der Waals surface area contributed by atoms with E-state index in [0.29, 0.717) is 38.2 Å². The van der Waals surface area contributed by atoms with E-state index in [0.717, 1.165) is 23.4 Å². The Kier molecular flexibility index (Phi) is 8.89. The van der Waals surface area contributed by atoms with Gasteiger partial charge in [-0.2, -0.15) is 9.41 Å². The van der Waals surface area contributed by atoms with Crippen molar-refractivity contribution in [2.24, 2.45) is 16.4 Å². The topological polar surface area (TPSA) is 94.1 Å². The number of benzene rings is 3. The summed E-state index contributed by atoms with van der Waals surface area (Å²) < 4.78 is 40.8. The number of urea groups is 1. The van der Waals surface area contributed by atoms with Crippen molar-refractivity contribution in [2.45, 2.75) is 64.3 Å². The quantitative estimate of drug-likeness (QED) is 0.334. The highest BCUT2D eigenvalue weighted by Gasteiger charge is 2.37. The molecule has 3 aromatic carbocycles. The van der Waals surface area contributed by atoms with Crippen LogP contribution in [0.5, 0.6) is 0 Å². The van der Waals surface area contributed by atoms with E-state index in [1.807, 2.05) is 29.3 Å². The Bertz CT molecular complexity index is 1580. The highest BCUT2D eigenvalue weighted by molar-refractivity contribution is 7.89. The van der Waals surface area contributed by atoms with Crippen LogP contribution in [0.4, 0.5) is 20.6 Å². The normalized spacial score (nSPS) is 18.4. The first-order valence-electron chi connectivity index (χ1n) is 14.7. The van der Waals surface area contributed by atoms with Crippen LogP contribution in [0.3, 0.4) is 0 Å². The summed E-state index contributed by atoms with van der Waals surface area (Å²) in [4.78, 5) is 13.3. The third-order valence-electron chi connectivity index (χ3n) is 8.27. The number of nitrogens with one attached hydrogen (secondary N) is 2. The molecular weight excluding hydrogens is 565 g/mol. The zero-order valence-corrected chi connectivity index (χ0v) is 26.0. The monoisotopic (exact) mass is 605 g/mol. The zero-order chi connectivity index (χ0) is 30.8.